The summed E-state index contributed by atoms with van der Waals surface area (Å²) in [5.41, 5.74) is 0.985. The Balaban J connectivity index is 1.32. The molecule has 5 rings (SSSR count). The second-order valence-corrected chi connectivity index (χ2v) is 12.0. The zero-order valence-corrected chi connectivity index (χ0v) is 19.2. The van der Waals surface area contributed by atoms with Crippen LogP contribution in [0.1, 0.15) is 56.7 Å². The van der Waals surface area contributed by atoms with E-state index in [4.69, 9.17) is 10.1 Å². The van der Waals surface area contributed by atoms with Crippen molar-refractivity contribution in [1.82, 2.24) is 19.7 Å². The number of carbonyl (C=O) groups excluding carboxylic acids is 1. The molecule has 7 nitrogen and oxygen atoms in total. The third-order valence-electron chi connectivity index (χ3n) is 6.49. The molecule has 1 aromatic heterocycles. The van der Waals surface area contributed by atoms with Crippen LogP contribution in [-0.2, 0) is 14.6 Å². The Labute approximate surface area is 187 Å². The van der Waals surface area contributed by atoms with Gasteiger partial charge in [0.2, 0.25) is 11.1 Å². The molecule has 2 heterocycles. The van der Waals surface area contributed by atoms with Crippen molar-refractivity contribution in [3.05, 3.63) is 36.2 Å². The first kappa shape index (κ1) is 21.0. The van der Waals surface area contributed by atoms with Crippen molar-refractivity contribution in [3.63, 3.8) is 0 Å². The van der Waals surface area contributed by atoms with E-state index in [1.165, 1.54) is 11.8 Å². The third-order valence-corrected chi connectivity index (χ3v) is 9.06. The number of hydrogen-bond acceptors (Lipinski definition) is 6. The second kappa shape index (κ2) is 8.58. The maximum atomic E-state index is 13.3. The summed E-state index contributed by atoms with van der Waals surface area (Å²) < 4.78 is 26.0. The SMILES string of the molecule is O=C(CSc1nc(C2CC2)n(-c2ccccc2)n1)N(C1CCCC1)[C@H]1CCS(=O)(=O)C1. The van der Waals surface area contributed by atoms with Gasteiger partial charge in [-0.05, 0) is 44.2 Å². The van der Waals surface area contributed by atoms with Gasteiger partial charge in [-0.25, -0.2) is 18.1 Å². The molecule has 0 radical (unpaired) electrons. The largest absolute Gasteiger partial charge is 0.335 e. The summed E-state index contributed by atoms with van der Waals surface area (Å²) in [6.45, 7) is 0. The molecule has 1 atom stereocenters. The number of benzene rings is 1. The topological polar surface area (TPSA) is 85.2 Å². The molecule has 1 saturated heterocycles. The van der Waals surface area contributed by atoms with E-state index in [0.717, 1.165) is 50.0 Å². The highest BCUT2D eigenvalue weighted by Crippen LogP contribution is 2.40. The predicted molar refractivity (Wildman–Crippen MR) is 120 cm³/mol. The average Bonchev–Trinajstić information content (AvgIpc) is 3.13. The fraction of sp³-hybridized carbons (Fsp3) is 0.591. The van der Waals surface area contributed by atoms with E-state index in [0.29, 0.717) is 17.5 Å². The van der Waals surface area contributed by atoms with Crippen molar-refractivity contribution in [2.75, 3.05) is 17.3 Å². The third kappa shape index (κ3) is 4.67. The van der Waals surface area contributed by atoms with Crippen molar-refractivity contribution in [1.29, 1.82) is 0 Å². The standard InChI is InChI=1S/C22H28N4O3S2/c27-20(25(17-6-4-5-7-17)19-12-13-31(28,29)15-19)14-30-22-23-21(16-10-11-16)26(24-22)18-8-2-1-3-9-18/h1-3,8-9,16-17,19H,4-7,10-15H2/t19-/m0/s1. The molecule has 0 spiro atoms. The number of para-hydroxylation sites is 1. The van der Waals surface area contributed by atoms with Gasteiger partial charge in [-0.3, -0.25) is 4.79 Å². The van der Waals surface area contributed by atoms with Gasteiger partial charge >= 0.3 is 0 Å². The van der Waals surface area contributed by atoms with Crippen LogP contribution >= 0.6 is 11.8 Å². The monoisotopic (exact) mass is 460 g/mol. The smallest absolute Gasteiger partial charge is 0.233 e. The number of amides is 1. The first-order valence-electron chi connectivity index (χ1n) is 11.2. The summed E-state index contributed by atoms with van der Waals surface area (Å²) in [6, 6.07) is 9.97. The van der Waals surface area contributed by atoms with Gasteiger partial charge in [-0.15, -0.1) is 5.10 Å². The minimum atomic E-state index is -3.03. The van der Waals surface area contributed by atoms with Crippen LogP contribution in [0.5, 0.6) is 0 Å². The van der Waals surface area contributed by atoms with E-state index >= 15 is 0 Å². The van der Waals surface area contributed by atoms with Crippen molar-refractivity contribution >= 4 is 27.5 Å². The Morgan fingerprint density at radius 3 is 2.45 bits per heavy atom. The summed E-state index contributed by atoms with van der Waals surface area (Å²) in [7, 11) is -3.03. The van der Waals surface area contributed by atoms with Crippen LogP contribution in [0.15, 0.2) is 35.5 Å². The van der Waals surface area contributed by atoms with Gasteiger partial charge in [-0.1, -0.05) is 42.8 Å². The van der Waals surface area contributed by atoms with E-state index in [1.807, 2.05) is 39.9 Å². The summed E-state index contributed by atoms with van der Waals surface area (Å²) in [4.78, 5) is 19.9. The van der Waals surface area contributed by atoms with Gasteiger partial charge < -0.3 is 4.90 Å². The molecule has 2 saturated carbocycles. The van der Waals surface area contributed by atoms with Gasteiger partial charge in [0.15, 0.2) is 9.84 Å². The summed E-state index contributed by atoms with van der Waals surface area (Å²) in [6.07, 6.45) is 6.96. The molecule has 2 aromatic rings. The van der Waals surface area contributed by atoms with Gasteiger partial charge in [0.25, 0.3) is 0 Å². The normalized spacial score (nSPS) is 23.3. The van der Waals surface area contributed by atoms with E-state index in [1.54, 1.807) is 0 Å². The molecular weight excluding hydrogens is 432 g/mol. The Kier molecular flexibility index (Phi) is 5.81. The quantitative estimate of drug-likeness (QED) is 0.590. The van der Waals surface area contributed by atoms with Crippen molar-refractivity contribution in [2.45, 2.75) is 68.1 Å². The van der Waals surface area contributed by atoms with Crippen LogP contribution in [0, 0.1) is 0 Å². The molecule has 3 aliphatic rings. The molecule has 3 fully saturated rings. The minimum Gasteiger partial charge on any atom is -0.335 e. The number of hydrogen-bond donors (Lipinski definition) is 0. The number of nitrogens with zero attached hydrogens (tertiary/aromatic N) is 4. The van der Waals surface area contributed by atoms with Gasteiger partial charge in [0, 0.05) is 18.0 Å². The molecule has 1 aliphatic heterocycles. The fourth-order valence-corrected chi connectivity index (χ4v) is 7.22. The lowest BCUT2D eigenvalue weighted by atomic mass is 10.1. The molecule has 1 aromatic carbocycles. The van der Waals surface area contributed by atoms with Crippen LogP contribution in [-0.4, -0.2) is 63.3 Å². The van der Waals surface area contributed by atoms with Gasteiger partial charge in [0.1, 0.15) is 5.82 Å². The lowest BCUT2D eigenvalue weighted by Crippen LogP contribution is -2.47. The van der Waals surface area contributed by atoms with Crippen LogP contribution in [0.25, 0.3) is 5.69 Å². The summed E-state index contributed by atoms with van der Waals surface area (Å²) in [5.74, 6) is 1.97. The first-order chi connectivity index (χ1) is 15.0. The zero-order chi connectivity index (χ0) is 21.4. The van der Waals surface area contributed by atoms with Crippen LogP contribution in [0.2, 0.25) is 0 Å². The summed E-state index contributed by atoms with van der Waals surface area (Å²) in [5, 5.41) is 5.31. The highest BCUT2D eigenvalue weighted by Gasteiger charge is 2.39. The fourth-order valence-electron chi connectivity index (χ4n) is 4.81. The Bertz CT molecular complexity index is 1040. The Hall–Kier alpha value is -1.87. The van der Waals surface area contributed by atoms with E-state index in [9.17, 15) is 13.2 Å². The van der Waals surface area contributed by atoms with Crippen LogP contribution in [0.3, 0.4) is 0 Å². The second-order valence-electron chi connectivity index (χ2n) is 8.86. The molecule has 1 amide bonds. The number of sulfone groups is 1. The molecular formula is C22H28N4O3S2. The van der Waals surface area contributed by atoms with E-state index in [-0.39, 0.29) is 35.2 Å². The molecule has 31 heavy (non-hydrogen) atoms. The molecule has 166 valence electrons. The van der Waals surface area contributed by atoms with Gasteiger partial charge in [0.05, 0.1) is 22.9 Å². The van der Waals surface area contributed by atoms with Crippen molar-refractivity contribution < 1.29 is 13.2 Å². The zero-order valence-electron chi connectivity index (χ0n) is 17.5. The maximum Gasteiger partial charge on any atom is 0.233 e. The average molecular weight is 461 g/mol. The first-order valence-corrected chi connectivity index (χ1v) is 14.0. The van der Waals surface area contributed by atoms with Crippen molar-refractivity contribution in [2.24, 2.45) is 0 Å². The maximum absolute atomic E-state index is 13.3. The van der Waals surface area contributed by atoms with Gasteiger partial charge in [-0.2, -0.15) is 0 Å². The number of thioether (sulfide) groups is 1. The Morgan fingerprint density at radius 2 is 1.81 bits per heavy atom. The van der Waals surface area contributed by atoms with Crippen molar-refractivity contribution in [3.8, 4) is 5.69 Å². The molecule has 2 aliphatic carbocycles. The van der Waals surface area contributed by atoms with E-state index in [2.05, 4.69) is 0 Å². The molecule has 0 unspecified atom stereocenters. The highest BCUT2D eigenvalue weighted by atomic mass is 32.2. The highest BCUT2D eigenvalue weighted by molar-refractivity contribution is 7.99. The number of aromatic nitrogens is 3. The lowest BCUT2D eigenvalue weighted by Gasteiger charge is -2.34. The molecule has 0 bridgehead atoms. The number of carbonyl (C=O) groups is 1. The van der Waals surface area contributed by atoms with E-state index < -0.39 is 9.84 Å². The predicted octanol–water partition coefficient (Wildman–Crippen LogP) is 3.20. The summed E-state index contributed by atoms with van der Waals surface area (Å²) >= 11 is 1.37. The lowest BCUT2D eigenvalue weighted by molar-refractivity contribution is -0.132. The Morgan fingerprint density at radius 1 is 1.06 bits per heavy atom. The minimum absolute atomic E-state index is 0.0167. The molecule has 9 heteroatoms. The number of rotatable bonds is 7. The molecule has 0 N–H and O–H groups in total. The van der Waals surface area contributed by atoms with Crippen LogP contribution < -0.4 is 0 Å². The van der Waals surface area contributed by atoms with Crippen LogP contribution in [0.4, 0.5) is 0 Å².